The Balaban J connectivity index is 0.00000363. The summed E-state index contributed by atoms with van der Waals surface area (Å²) in [6.07, 6.45) is 2.11. The lowest BCUT2D eigenvalue weighted by Gasteiger charge is -2.18. The number of rotatable bonds is 9. The summed E-state index contributed by atoms with van der Waals surface area (Å²) in [5.41, 5.74) is 2.10. The molecule has 2 aromatic carbocycles. The van der Waals surface area contributed by atoms with Gasteiger partial charge >= 0.3 is 0 Å². The fourth-order valence-corrected chi connectivity index (χ4v) is 3.77. The molecule has 0 aromatic heterocycles. The average Bonchev–Trinajstić information content (AvgIpc) is 3.15. The number of amides is 1. The molecule has 3 N–H and O–H groups in total. The molecule has 32 heavy (non-hydrogen) atoms. The number of likely N-dealkylation sites (tertiary alicyclic amines) is 1. The van der Waals surface area contributed by atoms with Crippen LogP contribution >= 0.6 is 24.0 Å². The van der Waals surface area contributed by atoms with Crippen molar-refractivity contribution in [3.05, 3.63) is 59.7 Å². The Morgan fingerprint density at radius 2 is 1.97 bits per heavy atom. The van der Waals surface area contributed by atoms with Crippen molar-refractivity contribution in [2.45, 2.75) is 19.3 Å². The SMILES string of the molecule is CN=C(NCCc1ccc(OC)cc1O)NCC1CC(=O)N(CCc2ccccc2)C1.I. The van der Waals surface area contributed by atoms with Gasteiger partial charge in [-0.1, -0.05) is 36.4 Å². The Hall–Kier alpha value is -2.49. The van der Waals surface area contributed by atoms with E-state index in [4.69, 9.17) is 4.74 Å². The van der Waals surface area contributed by atoms with E-state index in [1.165, 1.54) is 5.56 Å². The first-order valence-corrected chi connectivity index (χ1v) is 10.7. The highest BCUT2D eigenvalue weighted by molar-refractivity contribution is 14.0. The molecule has 0 aliphatic carbocycles. The molecule has 1 aliphatic rings. The Kier molecular flexibility index (Phi) is 10.6. The summed E-state index contributed by atoms with van der Waals surface area (Å²) in [6, 6.07) is 15.6. The molecule has 0 bridgehead atoms. The zero-order chi connectivity index (χ0) is 22.1. The number of aromatic hydroxyl groups is 1. The van der Waals surface area contributed by atoms with Crippen LogP contribution in [0.5, 0.6) is 11.5 Å². The van der Waals surface area contributed by atoms with Crippen molar-refractivity contribution in [2.24, 2.45) is 10.9 Å². The summed E-state index contributed by atoms with van der Waals surface area (Å²) < 4.78 is 5.11. The number of aliphatic imine (C=N–C) groups is 1. The van der Waals surface area contributed by atoms with Crippen LogP contribution in [0.15, 0.2) is 53.5 Å². The van der Waals surface area contributed by atoms with E-state index in [0.29, 0.717) is 37.6 Å². The van der Waals surface area contributed by atoms with Crippen LogP contribution in [0.2, 0.25) is 0 Å². The second-order valence-corrected chi connectivity index (χ2v) is 7.77. The Labute approximate surface area is 207 Å². The molecule has 0 saturated carbocycles. The number of carbonyl (C=O) groups is 1. The number of hydrogen-bond acceptors (Lipinski definition) is 4. The highest BCUT2D eigenvalue weighted by atomic mass is 127. The van der Waals surface area contributed by atoms with Crippen LogP contribution in [0.1, 0.15) is 17.5 Å². The number of guanidine groups is 1. The van der Waals surface area contributed by atoms with Crippen molar-refractivity contribution in [3.8, 4) is 11.5 Å². The molecule has 1 fully saturated rings. The van der Waals surface area contributed by atoms with Gasteiger partial charge in [-0.15, -0.1) is 24.0 Å². The van der Waals surface area contributed by atoms with E-state index in [9.17, 15) is 9.90 Å². The van der Waals surface area contributed by atoms with Crippen LogP contribution < -0.4 is 15.4 Å². The maximum atomic E-state index is 12.3. The molecule has 1 atom stereocenters. The largest absolute Gasteiger partial charge is 0.508 e. The van der Waals surface area contributed by atoms with Crippen LogP contribution in [0.3, 0.4) is 0 Å². The lowest BCUT2D eigenvalue weighted by molar-refractivity contribution is -0.127. The number of nitrogens with one attached hydrogen (secondary N) is 2. The van der Waals surface area contributed by atoms with Gasteiger partial charge in [-0.05, 0) is 30.0 Å². The molecule has 1 amide bonds. The minimum atomic E-state index is 0. The third-order valence-corrected chi connectivity index (χ3v) is 5.57. The number of nitrogens with zero attached hydrogens (tertiary/aromatic N) is 2. The number of carbonyl (C=O) groups excluding carboxylic acids is 1. The number of hydrogen-bond donors (Lipinski definition) is 3. The van der Waals surface area contributed by atoms with Gasteiger partial charge in [0.1, 0.15) is 11.5 Å². The Morgan fingerprint density at radius 3 is 2.66 bits per heavy atom. The Bertz CT molecular complexity index is 892. The molecule has 2 aromatic rings. The van der Waals surface area contributed by atoms with Crippen molar-refractivity contribution in [3.63, 3.8) is 0 Å². The maximum absolute atomic E-state index is 12.3. The van der Waals surface area contributed by atoms with Crippen molar-refractivity contribution in [1.29, 1.82) is 0 Å². The van der Waals surface area contributed by atoms with E-state index in [1.807, 2.05) is 35.2 Å². The van der Waals surface area contributed by atoms with E-state index in [0.717, 1.165) is 25.1 Å². The van der Waals surface area contributed by atoms with Crippen LogP contribution in [-0.2, 0) is 17.6 Å². The highest BCUT2D eigenvalue weighted by Crippen LogP contribution is 2.23. The van der Waals surface area contributed by atoms with Crippen LogP contribution in [0, 0.1) is 5.92 Å². The molecule has 174 valence electrons. The molecule has 1 aliphatic heterocycles. The fourth-order valence-electron chi connectivity index (χ4n) is 3.77. The third-order valence-electron chi connectivity index (χ3n) is 5.57. The molecule has 3 rings (SSSR count). The van der Waals surface area contributed by atoms with Gasteiger partial charge in [-0.2, -0.15) is 0 Å². The number of phenols is 1. The summed E-state index contributed by atoms with van der Waals surface area (Å²) in [7, 11) is 3.30. The minimum absolute atomic E-state index is 0. The summed E-state index contributed by atoms with van der Waals surface area (Å²) in [5.74, 6) is 2.05. The highest BCUT2D eigenvalue weighted by Gasteiger charge is 2.29. The first-order chi connectivity index (χ1) is 15.1. The summed E-state index contributed by atoms with van der Waals surface area (Å²) in [5, 5.41) is 16.7. The van der Waals surface area contributed by atoms with E-state index in [2.05, 4.69) is 27.8 Å². The van der Waals surface area contributed by atoms with Crippen LogP contribution in [0.25, 0.3) is 0 Å². The predicted octanol–water partition coefficient (Wildman–Crippen LogP) is 2.82. The lowest BCUT2D eigenvalue weighted by atomic mass is 10.1. The van der Waals surface area contributed by atoms with Gasteiger partial charge in [-0.25, -0.2) is 0 Å². The summed E-state index contributed by atoms with van der Waals surface area (Å²) in [6.45, 7) is 2.86. The Morgan fingerprint density at radius 1 is 1.19 bits per heavy atom. The van der Waals surface area contributed by atoms with Crippen molar-refractivity contribution in [1.82, 2.24) is 15.5 Å². The number of halogens is 1. The monoisotopic (exact) mass is 552 g/mol. The van der Waals surface area contributed by atoms with Crippen molar-refractivity contribution >= 4 is 35.8 Å². The zero-order valence-corrected chi connectivity index (χ0v) is 21.0. The van der Waals surface area contributed by atoms with Gasteiger partial charge in [0.25, 0.3) is 0 Å². The number of ether oxygens (including phenoxy) is 1. The van der Waals surface area contributed by atoms with Gasteiger partial charge in [0.15, 0.2) is 5.96 Å². The van der Waals surface area contributed by atoms with Gasteiger partial charge in [0, 0.05) is 51.6 Å². The van der Waals surface area contributed by atoms with E-state index in [1.54, 1.807) is 20.2 Å². The second-order valence-electron chi connectivity index (χ2n) is 7.77. The van der Waals surface area contributed by atoms with E-state index in [-0.39, 0.29) is 41.6 Å². The lowest BCUT2D eigenvalue weighted by Crippen LogP contribution is -2.41. The standard InChI is InChI=1S/C24H32N4O3.HI/c1-25-24(26-12-10-20-8-9-21(31-2)15-22(20)29)27-16-19-14-23(30)28(17-19)13-11-18-6-4-3-5-7-18;/h3-9,15,19,29H,10-14,16-17H2,1-2H3,(H2,25,26,27);1H. The van der Waals surface area contributed by atoms with Gasteiger partial charge in [0.2, 0.25) is 5.91 Å². The van der Waals surface area contributed by atoms with Crippen LogP contribution in [-0.4, -0.2) is 62.2 Å². The third kappa shape index (κ3) is 7.58. The topological polar surface area (TPSA) is 86.2 Å². The first-order valence-electron chi connectivity index (χ1n) is 10.7. The molecular weight excluding hydrogens is 519 g/mol. The quantitative estimate of drug-likeness (QED) is 0.253. The van der Waals surface area contributed by atoms with Crippen LogP contribution in [0.4, 0.5) is 0 Å². The second kappa shape index (κ2) is 13.1. The van der Waals surface area contributed by atoms with E-state index < -0.39 is 0 Å². The normalized spacial score (nSPS) is 15.9. The first kappa shape index (κ1) is 25.8. The molecule has 1 unspecified atom stereocenters. The minimum Gasteiger partial charge on any atom is -0.508 e. The summed E-state index contributed by atoms with van der Waals surface area (Å²) in [4.78, 5) is 18.6. The molecule has 8 heteroatoms. The average molecular weight is 552 g/mol. The molecule has 7 nitrogen and oxygen atoms in total. The van der Waals surface area contributed by atoms with Gasteiger partial charge in [-0.3, -0.25) is 9.79 Å². The molecule has 1 saturated heterocycles. The summed E-state index contributed by atoms with van der Waals surface area (Å²) >= 11 is 0. The molecule has 0 spiro atoms. The number of phenolic OH excluding ortho intramolecular Hbond substituents is 1. The van der Waals surface area contributed by atoms with Crippen molar-refractivity contribution < 1.29 is 14.6 Å². The number of methoxy groups -OCH3 is 1. The zero-order valence-electron chi connectivity index (χ0n) is 18.7. The molecule has 1 heterocycles. The predicted molar refractivity (Wildman–Crippen MR) is 138 cm³/mol. The van der Waals surface area contributed by atoms with Crippen molar-refractivity contribution in [2.75, 3.05) is 40.3 Å². The maximum Gasteiger partial charge on any atom is 0.223 e. The fraction of sp³-hybridized carbons (Fsp3) is 0.417. The number of benzene rings is 2. The molecular formula is C24H33IN4O3. The smallest absolute Gasteiger partial charge is 0.223 e. The van der Waals surface area contributed by atoms with Gasteiger partial charge < -0.3 is 25.4 Å². The van der Waals surface area contributed by atoms with E-state index >= 15 is 0 Å². The van der Waals surface area contributed by atoms with Gasteiger partial charge in [0.05, 0.1) is 7.11 Å². The molecule has 0 radical (unpaired) electrons.